The predicted molar refractivity (Wildman–Crippen MR) is 88.5 cm³/mol. The first-order chi connectivity index (χ1) is 12.3. The van der Waals surface area contributed by atoms with E-state index in [1.165, 1.54) is 11.6 Å². The molecule has 136 valence electrons. The third-order valence-electron chi connectivity index (χ3n) is 3.80. The summed E-state index contributed by atoms with van der Waals surface area (Å²) in [6, 6.07) is 3.02. The zero-order valence-electron chi connectivity index (χ0n) is 13.7. The fourth-order valence-electron chi connectivity index (χ4n) is 2.50. The highest BCUT2D eigenvalue weighted by molar-refractivity contribution is 5.76. The van der Waals surface area contributed by atoms with Crippen molar-refractivity contribution in [1.29, 1.82) is 0 Å². The fourth-order valence-corrected chi connectivity index (χ4v) is 2.50. The van der Waals surface area contributed by atoms with Crippen LogP contribution in [-0.4, -0.2) is 25.4 Å². The molecule has 0 spiro atoms. The number of halogens is 2. The average Bonchev–Trinajstić information content (AvgIpc) is 3.00. The molecule has 1 amide bonds. The Morgan fingerprint density at radius 1 is 1.19 bits per heavy atom. The van der Waals surface area contributed by atoms with Crippen LogP contribution in [0.25, 0.3) is 11.2 Å². The largest absolute Gasteiger partial charge is 0.352 e. The standard InChI is InChI=1S/C16H15F2N5O3/c1-23-14-13(15(25)22-16(23)26)20-11(21-14)2-3-12(24)19-7-8-4-9(17)6-10(18)5-8/h4-6H,2-3,7H2,1H3,(H,19,24)(H,20,21)(H,22,25,26). The molecule has 0 aliphatic rings. The number of fused-ring (bicyclic) bond motifs is 1. The highest BCUT2D eigenvalue weighted by Gasteiger charge is 2.12. The number of benzene rings is 1. The molecule has 8 nitrogen and oxygen atoms in total. The van der Waals surface area contributed by atoms with Crippen LogP contribution in [0.15, 0.2) is 27.8 Å². The molecule has 0 radical (unpaired) electrons. The molecular weight excluding hydrogens is 348 g/mol. The van der Waals surface area contributed by atoms with E-state index in [0.29, 0.717) is 11.4 Å². The van der Waals surface area contributed by atoms with Crippen LogP contribution in [0.5, 0.6) is 0 Å². The Labute approximate surface area is 144 Å². The molecule has 0 atom stereocenters. The second-order valence-electron chi connectivity index (χ2n) is 5.75. The summed E-state index contributed by atoms with van der Waals surface area (Å²) < 4.78 is 27.4. The van der Waals surface area contributed by atoms with Crippen molar-refractivity contribution in [1.82, 2.24) is 24.8 Å². The van der Waals surface area contributed by atoms with Crippen LogP contribution in [-0.2, 0) is 24.8 Å². The molecule has 0 saturated carbocycles. The van der Waals surface area contributed by atoms with Gasteiger partial charge in [-0.2, -0.15) is 0 Å². The summed E-state index contributed by atoms with van der Waals surface area (Å²) in [5.74, 6) is -1.41. The summed E-state index contributed by atoms with van der Waals surface area (Å²) in [5.41, 5.74) is -0.511. The van der Waals surface area contributed by atoms with Gasteiger partial charge in [-0.3, -0.25) is 19.1 Å². The minimum Gasteiger partial charge on any atom is -0.352 e. The number of aromatic nitrogens is 4. The van der Waals surface area contributed by atoms with E-state index in [-0.39, 0.29) is 36.5 Å². The SMILES string of the molecule is Cn1c(=O)[nH]c(=O)c2[nH]c(CCC(=O)NCc3cc(F)cc(F)c3)nc21. The number of carbonyl (C=O) groups is 1. The first-order valence-electron chi connectivity index (χ1n) is 7.73. The van der Waals surface area contributed by atoms with Gasteiger partial charge in [0.15, 0.2) is 5.65 Å². The van der Waals surface area contributed by atoms with Crippen molar-refractivity contribution in [2.24, 2.45) is 7.05 Å². The lowest BCUT2D eigenvalue weighted by Gasteiger charge is -2.05. The number of hydrogen-bond donors (Lipinski definition) is 3. The Balaban J connectivity index is 1.63. The maximum atomic E-state index is 13.1. The maximum absolute atomic E-state index is 13.1. The fraction of sp³-hybridized carbons (Fsp3) is 0.250. The molecule has 0 saturated heterocycles. The van der Waals surface area contributed by atoms with Gasteiger partial charge in [0.05, 0.1) is 0 Å². The van der Waals surface area contributed by atoms with Crippen molar-refractivity contribution >= 4 is 17.1 Å². The van der Waals surface area contributed by atoms with E-state index in [1.54, 1.807) is 0 Å². The molecule has 2 heterocycles. The summed E-state index contributed by atoms with van der Waals surface area (Å²) in [5, 5.41) is 2.55. The molecule has 26 heavy (non-hydrogen) atoms. The zero-order valence-corrected chi connectivity index (χ0v) is 13.7. The molecule has 0 aliphatic heterocycles. The van der Waals surface area contributed by atoms with Crippen molar-refractivity contribution < 1.29 is 13.6 Å². The highest BCUT2D eigenvalue weighted by atomic mass is 19.1. The Morgan fingerprint density at radius 3 is 2.58 bits per heavy atom. The molecule has 0 fully saturated rings. The van der Waals surface area contributed by atoms with Crippen LogP contribution in [0.1, 0.15) is 17.8 Å². The van der Waals surface area contributed by atoms with Gasteiger partial charge >= 0.3 is 5.69 Å². The smallest absolute Gasteiger partial charge is 0.329 e. The number of carbonyl (C=O) groups excluding carboxylic acids is 1. The van der Waals surface area contributed by atoms with Gasteiger partial charge in [-0.25, -0.2) is 18.6 Å². The molecule has 3 N–H and O–H groups in total. The van der Waals surface area contributed by atoms with E-state index >= 15 is 0 Å². The zero-order chi connectivity index (χ0) is 18.8. The molecule has 0 bridgehead atoms. The van der Waals surface area contributed by atoms with Gasteiger partial charge in [-0.05, 0) is 17.7 Å². The number of hydrogen-bond acceptors (Lipinski definition) is 4. The number of amides is 1. The summed E-state index contributed by atoms with van der Waals surface area (Å²) in [7, 11) is 1.47. The second-order valence-corrected chi connectivity index (χ2v) is 5.75. The van der Waals surface area contributed by atoms with Gasteiger partial charge in [0.1, 0.15) is 23.0 Å². The lowest BCUT2D eigenvalue weighted by atomic mass is 10.2. The molecule has 3 aromatic rings. The van der Waals surface area contributed by atoms with Gasteiger partial charge in [0.2, 0.25) is 5.91 Å². The second kappa shape index (κ2) is 6.90. The van der Waals surface area contributed by atoms with Crippen molar-refractivity contribution in [2.75, 3.05) is 0 Å². The number of rotatable bonds is 5. The average molecular weight is 363 g/mol. The summed E-state index contributed by atoms with van der Waals surface area (Å²) >= 11 is 0. The lowest BCUT2D eigenvalue weighted by Crippen LogP contribution is -2.28. The van der Waals surface area contributed by atoms with Gasteiger partial charge in [-0.1, -0.05) is 0 Å². The summed E-state index contributed by atoms with van der Waals surface area (Å²) in [4.78, 5) is 44.3. The molecular formula is C16H15F2N5O3. The van der Waals surface area contributed by atoms with Gasteiger partial charge in [0.25, 0.3) is 5.56 Å². The number of aryl methyl sites for hydroxylation is 2. The number of nitrogens with zero attached hydrogens (tertiary/aromatic N) is 2. The van der Waals surface area contributed by atoms with Gasteiger partial charge in [-0.15, -0.1) is 0 Å². The Morgan fingerprint density at radius 2 is 1.88 bits per heavy atom. The van der Waals surface area contributed by atoms with Crippen LogP contribution in [0.4, 0.5) is 8.78 Å². The van der Waals surface area contributed by atoms with E-state index in [4.69, 9.17) is 0 Å². The van der Waals surface area contributed by atoms with E-state index in [9.17, 15) is 23.2 Å². The molecule has 0 aliphatic carbocycles. The molecule has 0 unspecified atom stereocenters. The van der Waals surface area contributed by atoms with E-state index in [1.807, 2.05) is 0 Å². The van der Waals surface area contributed by atoms with E-state index < -0.39 is 22.9 Å². The van der Waals surface area contributed by atoms with Crippen LogP contribution in [0.2, 0.25) is 0 Å². The molecule has 10 heteroatoms. The third kappa shape index (κ3) is 3.68. The first kappa shape index (κ1) is 17.5. The molecule has 3 rings (SSSR count). The Kier molecular flexibility index (Phi) is 4.65. The van der Waals surface area contributed by atoms with Crippen LogP contribution < -0.4 is 16.6 Å². The van der Waals surface area contributed by atoms with E-state index in [2.05, 4.69) is 20.3 Å². The van der Waals surface area contributed by atoms with Gasteiger partial charge in [0, 0.05) is 32.5 Å². The molecule has 2 aromatic heterocycles. The minimum atomic E-state index is -0.715. The monoisotopic (exact) mass is 363 g/mol. The van der Waals surface area contributed by atoms with Crippen molar-refractivity contribution in [3.05, 3.63) is 62.1 Å². The van der Waals surface area contributed by atoms with Crippen molar-refractivity contribution in [2.45, 2.75) is 19.4 Å². The summed E-state index contributed by atoms with van der Waals surface area (Å²) in [6.45, 7) is -0.0121. The van der Waals surface area contributed by atoms with Crippen LogP contribution in [0, 0.1) is 11.6 Å². The topological polar surface area (TPSA) is 113 Å². The van der Waals surface area contributed by atoms with Crippen molar-refractivity contribution in [3.8, 4) is 0 Å². The number of imidazole rings is 1. The Bertz CT molecular complexity index is 1080. The lowest BCUT2D eigenvalue weighted by molar-refractivity contribution is -0.121. The highest BCUT2D eigenvalue weighted by Crippen LogP contribution is 2.08. The number of H-pyrrole nitrogens is 2. The van der Waals surface area contributed by atoms with Crippen LogP contribution >= 0.6 is 0 Å². The predicted octanol–water partition coefficient (Wildman–Crippen LogP) is 0.477. The number of aromatic amines is 2. The maximum Gasteiger partial charge on any atom is 0.329 e. The summed E-state index contributed by atoms with van der Waals surface area (Å²) in [6.07, 6.45) is 0.245. The quantitative estimate of drug-likeness (QED) is 0.612. The van der Waals surface area contributed by atoms with Gasteiger partial charge < -0.3 is 10.3 Å². The Hall–Kier alpha value is -3.30. The normalized spacial score (nSPS) is 11.0. The van der Waals surface area contributed by atoms with Crippen molar-refractivity contribution in [3.63, 3.8) is 0 Å². The minimum absolute atomic E-state index is 0.0121. The van der Waals surface area contributed by atoms with Crippen LogP contribution in [0.3, 0.4) is 0 Å². The molecule has 1 aromatic carbocycles. The first-order valence-corrected chi connectivity index (χ1v) is 7.73. The van der Waals surface area contributed by atoms with E-state index in [0.717, 1.165) is 18.2 Å². The number of nitrogens with one attached hydrogen (secondary N) is 3. The third-order valence-corrected chi connectivity index (χ3v) is 3.80.